The molecule has 0 saturated heterocycles. The molecule has 20 heavy (non-hydrogen) atoms. The smallest absolute Gasteiger partial charge is 0.274 e. The van der Waals surface area contributed by atoms with E-state index in [1.165, 1.54) is 0 Å². The number of hydrogen-bond acceptors (Lipinski definition) is 4. The number of benzene rings is 2. The lowest BCUT2D eigenvalue weighted by Gasteiger charge is -2.04. The number of aromatic nitrogens is 2. The predicted molar refractivity (Wildman–Crippen MR) is 74.2 cm³/mol. The van der Waals surface area contributed by atoms with Crippen LogP contribution in [0.3, 0.4) is 0 Å². The standard InChI is InChI=1S/C15H11N3O2/c19-15(18-20)11-6-7-12-13(8-11)17-14(9-16-12)10-4-2-1-3-5-10/h1-9,20H,(H,18,19). The lowest BCUT2D eigenvalue weighted by atomic mass is 10.1. The lowest BCUT2D eigenvalue weighted by Crippen LogP contribution is -2.18. The van der Waals surface area contributed by atoms with Crippen LogP contribution >= 0.6 is 0 Å². The molecule has 0 saturated carbocycles. The van der Waals surface area contributed by atoms with Crippen molar-refractivity contribution in [1.82, 2.24) is 15.4 Å². The SMILES string of the molecule is O=C(NO)c1ccc2ncc(-c3ccccc3)nc2c1. The zero-order valence-corrected chi connectivity index (χ0v) is 10.4. The van der Waals surface area contributed by atoms with Crippen LogP contribution in [0.5, 0.6) is 0 Å². The second-order valence-electron chi connectivity index (χ2n) is 4.27. The Morgan fingerprint density at radius 3 is 2.60 bits per heavy atom. The third-order valence-electron chi connectivity index (χ3n) is 2.98. The van der Waals surface area contributed by atoms with E-state index < -0.39 is 5.91 Å². The molecule has 2 N–H and O–H groups in total. The summed E-state index contributed by atoms with van der Waals surface area (Å²) in [6, 6.07) is 14.6. The number of fused-ring (bicyclic) bond motifs is 1. The fourth-order valence-electron chi connectivity index (χ4n) is 1.97. The normalized spacial score (nSPS) is 10.4. The summed E-state index contributed by atoms with van der Waals surface area (Å²) < 4.78 is 0. The largest absolute Gasteiger partial charge is 0.288 e. The van der Waals surface area contributed by atoms with Gasteiger partial charge in [0.1, 0.15) is 0 Å². The van der Waals surface area contributed by atoms with E-state index in [9.17, 15) is 4.79 Å². The van der Waals surface area contributed by atoms with E-state index >= 15 is 0 Å². The Labute approximate surface area is 114 Å². The van der Waals surface area contributed by atoms with Crippen molar-refractivity contribution in [2.45, 2.75) is 0 Å². The van der Waals surface area contributed by atoms with Gasteiger partial charge in [-0.15, -0.1) is 0 Å². The molecule has 0 unspecified atom stereocenters. The molecule has 0 aliphatic heterocycles. The predicted octanol–water partition coefficient (Wildman–Crippen LogP) is 2.42. The summed E-state index contributed by atoms with van der Waals surface area (Å²) in [5.74, 6) is -0.571. The zero-order valence-electron chi connectivity index (χ0n) is 10.4. The maximum atomic E-state index is 11.4. The Kier molecular flexibility index (Phi) is 3.10. The van der Waals surface area contributed by atoms with E-state index in [1.54, 1.807) is 29.9 Å². The molecule has 1 amide bonds. The molecular formula is C15H11N3O2. The van der Waals surface area contributed by atoms with Crippen LogP contribution in [0.4, 0.5) is 0 Å². The number of rotatable bonds is 2. The van der Waals surface area contributed by atoms with Crippen molar-refractivity contribution in [3.05, 3.63) is 60.3 Å². The first-order valence-electron chi connectivity index (χ1n) is 6.04. The molecule has 5 nitrogen and oxygen atoms in total. The molecule has 0 fully saturated rings. The molecule has 0 aliphatic rings. The van der Waals surface area contributed by atoms with E-state index in [1.807, 2.05) is 30.3 Å². The van der Waals surface area contributed by atoms with Gasteiger partial charge in [0, 0.05) is 11.1 Å². The van der Waals surface area contributed by atoms with Crippen molar-refractivity contribution in [1.29, 1.82) is 0 Å². The zero-order chi connectivity index (χ0) is 13.9. The van der Waals surface area contributed by atoms with E-state index in [0.29, 0.717) is 16.6 Å². The number of hydrogen-bond donors (Lipinski definition) is 2. The molecule has 0 atom stereocenters. The van der Waals surface area contributed by atoms with Crippen LogP contribution in [-0.2, 0) is 0 Å². The van der Waals surface area contributed by atoms with Gasteiger partial charge in [-0.25, -0.2) is 10.5 Å². The number of amides is 1. The third-order valence-corrected chi connectivity index (χ3v) is 2.98. The van der Waals surface area contributed by atoms with Crippen LogP contribution in [0.2, 0.25) is 0 Å². The van der Waals surface area contributed by atoms with E-state index in [2.05, 4.69) is 9.97 Å². The fraction of sp³-hybridized carbons (Fsp3) is 0. The van der Waals surface area contributed by atoms with E-state index in [0.717, 1.165) is 11.3 Å². The first-order valence-corrected chi connectivity index (χ1v) is 6.04. The first-order chi connectivity index (χ1) is 9.78. The highest BCUT2D eigenvalue weighted by atomic mass is 16.5. The molecule has 98 valence electrons. The minimum Gasteiger partial charge on any atom is -0.288 e. The van der Waals surface area contributed by atoms with Gasteiger partial charge in [0.25, 0.3) is 5.91 Å². The van der Waals surface area contributed by atoms with Gasteiger partial charge in [0.2, 0.25) is 0 Å². The summed E-state index contributed by atoms with van der Waals surface area (Å²) in [6.07, 6.45) is 1.70. The Bertz CT molecular complexity index is 772. The highest BCUT2D eigenvalue weighted by Gasteiger charge is 2.07. The molecular weight excluding hydrogens is 254 g/mol. The average Bonchev–Trinajstić information content (AvgIpc) is 2.54. The second kappa shape index (κ2) is 5.07. The van der Waals surface area contributed by atoms with Gasteiger partial charge in [-0.1, -0.05) is 30.3 Å². The van der Waals surface area contributed by atoms with Crippen LogP contribution in [-0.4, -0.2) is 21.1 Å². The van der Waals surface area contributed by atoms with Gasteiger partial charge in [-0.3, -0.25) is 15.0 Å². The molecule has 1 heterocycles. The maximum Gasteiger partial charge on any atom is 0.274 e. The second-order valence-corrected chi connectivity index (χ2v) is 4.27. The first kappa shape index (κ1) is 12.3. The molecule has 0 aliphatic carbocycles. The number of nitrogens with one attached hydrogen (secondary N) is 1. The Morgan fingerprint density at radius 2 is 1.85 bits per heavy atom. The average molecular weight is 265 g/mol. The van der Waals surface area contributed by atoms with Crippen molar-refractivity contribution in [2.24, 2.45) is 0 Å². The summed E-state index contributed by atoms with van der Waals surface area (Å²) in [4.78, 5) is 20.2. The van der Waals surface area contributed by atoms with Gasteiger partial charge >= 0.3 is 0 Å². The molecule has 3 rings (SSSR count). The topological polar surface area (TPSA) is 75.1 Å². The molecule has 0 radical (unpaired) electrons. The highest BCUT2D eigenvalue weighted by molar-refractivity contribution is 5.96. The maximum absolute atomic E-state index is 11.4. The number of carbonyl (C=O) groups excluding carboxylic acids is 1. The van der Waals surface area contributed by atoms with Crippen LogP contribution < -0.4 is 5.48 Å². The summed E-state index contributed by atoms with van der Waals surface area (Å²) >= 11 is 0. The van der Waals surface area contributed by atoms with Gasteiger partial charge in [0.05, 0.1) is 22.9 Å². The van der Waals surface area contributed by atoms with Crippen molar-refractivity contribution < 1.29 is 10.0 Å². The molecule has 1 aromatic heterocycles. The van der Waals surface area contributed by atoms with Gasteiger partial charge < -0.3 is 0 Å². The molecule has 3 aromatic rings. The van der Waals surface area contributed by atoms with Gasteiger partial charge in [-0.05, 0) is 18.2 Å². The summed E-state index contributed by atoms with van der Waals surface area (Å²) in [5, 5.41) is 8.66. The fourth-order valence-corrected chi connectivity index (χ4v) is 1.97. The summed E-state index contributed by atoms with van der Waals surface area (Å²) in [5.41, 5.74) is 4.93. The minimum absolute atomic E-state index is 0.333. The number of carbonyl (C=O) groups is 1. The summed E-state index contributed by atoms with van der Waals surface area (Å²) in [6.45, 7) is 0. The van der Waals surface area contributed by atoms with E-state index in [4.69, 9.17) is 5.21 Å². The van der Waals surface area contributed by atoms with Crippen LogP contribution in [0.25, 0.3) is 22.3 Å². The van der Waals surface area contributed by atoms with Crippen molar-refractivity contribution in [3.8, 4) is 11.3 Å². The Balaban J connectivity index is 2.12. The van der Waals surface area contributed by atoms with Crippen LogP contribution in [0.1, 0.15) is 10.4 Å². The Morgan fingerprint density at radius 1 is 1.05 bits per heavy atom. The molecule has 0 spiro atoms. The van der Waals surface area contributed by atoms with Gasteiger partial charge in [-0.2, -0.15) is 0 Å². The monoisotopic (exact) mass is 265 g/mol. The molecule has 2 aromatic carbocycles. The number of nitrogens with zero attached hydrogens (tertiary/aromatic N) is 2. The van der Waals surface area contributed by atoms with Gasteiger partial charge in [0.15, 0.2) is 0 Å². The van der Waals surface area contributed by atoms with Crippen molar-refractivity contribution >= 4 is 16.9 Å². The minimum atomic E-state index is -0.571. The molecule has 5 heteroatoms. The lowest BCUT2D eigenvalue weighted by molar-refractivity contribution is 0.0706. The third kappa shape index (κ3) is 2.22. The van der Waals surface area contributed by atoms with Crippen LogP contribution in [0, 0.1) is 0 Å². The Hall–Kier alpha value is -2.79. The van der Waals surface area contributed by atoms with Crippen molar-refractivity contribution in [2.75, 3.05) is 0 Å². The quantitative estimate of drug-likeness (QED) is 0.551. The molecule has 0 bridgehead atoms. The van der Waals surface area contributed by atoms with E-state index in [-0.39, 0.29) is 0 Å². The van der Waals surface area contributed by atoms with Crippen LogP contribution in [0.15, 0.2) is 54.7 Å². The summed E-state index contributed by atoms with van der Waals surface area (Å²) in [7, 11) is 0. The number of hydroxylamine groups is 1. The van der Waals surface area contributed by atoms with Crippen molar-refractivity contribution in [3.63, 3.8) is 0 Å². The highest BCUT2D eigenvalue weighted by Crippen LogP contribution is 2.19.